The molecule has 0 aliphatic carbocycles. The van der Waals surface area contributed by atoms with E-state index in [0.717, 1.165) is 48.4 Å². The standard InChI is InChI=1S/C19H20N2OS/c22-19(14-6-3-8-16-13(14)7-4-11-20-16)21-17-10-12-23-18-9-2-1-5-15(17)18/h1-3,5-6,8-9,17,20H,4,7,10-12H2,(H,21,22). The summed E-state index contributed by atoms with van der Waals surface area (Å²) in [6, 6.07) is 14.5. The number of hydrogen-bond acceptors (Lipinski definition) is 3. The summed E-state index contributed by atoms with van der Waals surface area (Å²) in [5.41, 5.74) is 4.35. The lowest BCUT2D eigenvalue weighted by Gasteiger charge is -2.27. The predicted octanol–water partition coefficient (Wildman–Crippen LogP) is 4.01. The number of carbonyl (C=O) groups is 1. The normalized spacial score (nSPS) is 19.2. The molecule has 4 rings (SSSR count). The number of amides is 1. The van der Waals surface area contributed by atoms with E-state index in [1.807, 2.05) is 23.9 Å². The summed E-state index contributed by atoms with van der Waals surface area (Å²) in [5, 5.41) is 6.66. The van der Waals surface area contributed by atoms with Crippen LogP contribution in [0, 0.1) is 0 Å². The average molecular weight is 324 g/mol. The molecule has 3 nitrogen and oxygen atoms in total. The zero-order valence-electron chi connectivity index (χ0n) is 13.0. The van der Waals surface area contributed by atoms with Gasteiger partial charge in [-0.25, -0.2) is 0 Å². The zero-order chi connectivity index (χ0) is 15.6. The van der Waals surface area contributed by atoms with E-state index in [0.29, 0.717) is 0 Å². The van der Waals surface area contributed by atoms with Crippen LogP contribution in [0.1, 0.15) is 40.4 Å². The van der Waals surface area contributed by atoms with Crippen LogP contribution in [0.15, 0.2) is 47.4 Å². The molecule has 0 saturated heterocycles. The number of thioether (sulfide) groups is 1. The van der Waals surface area contributed by atoms with Crippen molar-refractivity contribution in [1.82, 2.24) is 5.32 Å². The summed E-state index contributed by atoms with van der Waals surface area (Å²) in [5.74, 6) is 1.11. The fraction of sp³-hybridized carbons (Fsp3) is 0.316. The minimum atomic E-state index is 0.0530. The van der Waals surface area contributed by atoms with Crippen LogP contribution in [0.25, 0.3) is 0 Å². The van der Waals surface area contributed by atoms with Crippen molar-refractivity contribution in [1.29, 1.82) is 0 Å². The highest BCUT2D eigenvalue weighted by Gasteiger charge is 2.24. The molecule has 23 heavy (non-hydrogen) atoms. The van der Waals surface area contributed by atoms with E-state index < -0.39 is 0 Å². The first-order valence-electron chi connectivity index (χ1n) is 8.21. The molecular formula is C19H20N2OS. The molecule has 2 heterocycles. The molecule has 1 unspecified atom stereocenters. The molecule has 4 heteroatoms. The van der Waals surface area contributed by atoms with E-state index in [4.69, 9.17) is 0 Å². The van der Waals surface area contributed by atoms with Crippen molar-refractivity contribution in [3.05, 3.63) is 59.2 Å². The first kappa shape index (κ1) is 14.6. The number of rotatable bonds is 2. The van der Waals surface area contributed by atoms with Gasteiger partial charge in [0.15, 0.2) is 0 Å². The molecule has 2 aliphatic rings. The predicted molar refractivity (Wildman–Crippen MR) is 95.2 cm³/mol. The monoisotopic (exact) mass is 324 g/mol. The molecule has 2 aromatic rings. The molecule has 118 valence electrons. The lowest BCUT2D eigenvalue weighted by molar-refractivity contribution is 0.0934. The molecule has 0 bridgehead atoms. The van der Waals surface area contributed by atoms with Gasteiger partial charge in [0.1, 0.15) is 0 Å². The lowest BCUT2D eigenvalue weighted by atomic mass is 9.96. The van der Waals surface area contributed by atoms with E-state index in [2.05, 4.69) is 41.0 Å². The van der Waals surface area contributed by atoms with Crippen LogP contribution >= 0.6 is 11.8 Å². The van der Waals surface area contributed by atoms with E-state index in [1.165, 1.54) is 10.5 Å². The molecule has 1 amide bonds. The van der Waals surface area contributed by atoms with Gasteiger partial charge in [-0.05, 0) is 48.6 Å². The Kier molecular flexibility index (Phi) is 4.00. The third-order valence-corrected chi connectivity index (χ3v) is 5.73. The quantitative estimate of drug-likeness (QED) is 0.877. The van der Waals surface area contributed by atoms with E-state index in [-0.39, 0.29) is 11.9 Å². The summed E-state index contributed by atoms with van der Waals surface area (Å²) in [7, 11) is 0. The Hall–Kier alpha value is -1.94. The van der Waals surface area contributed by atoms with Crippen LogP contribution in [0.4, 0.5) is 5.69 Å². The van der Waals surface area contributed by atoms with Crippen LogP contribution in [-0.2, 0) is 6.42 Å². The van der Waals surface area contributed by atoms with Crippen LogP contribution in [0.2, 0.25) is 0 Å². The summed E-state index contributed by atoms with van der Waals surface area (Å²) in [6.45, 7) is 0.991. The average Bonchev–Trinajstić information content (AvgIpc) is 2.61. The fourth-order valence-electron chi connectivity index (χ4n) is 3.45. The van der Waals surface area contributed by atoms with Crippen molar-refractivity contribution in [2.45, 2.75) is 30.2 Å². The SMILES string of the molecule is O=C(NC1CCSc2ccccc21)c1cccc2c1CCCN2. The smallest absolute Gasteiger partial charge is 0.252 e. The van der Waals surface area contributed by atoms with Crippen LogP contribution < -0.4 is 10.6 Å². The second-order valence-electron chi connectivity index (χ2n) is 6.06. The molecule has 0 aromatic heterocycles. The second-order valence-corrected chi connectivity index (χ2v) is 7.20. The van der Waals surface area contributed by atoms with Crippen molar-refractivity contribution in [2.75, 3.05) is 17.6 Å². The maximum atomic E-state index is 12.8. The number of carbonyl (C=O) groups excluding carboxylic acids is 1. The van der Waals surface area contributed by atoms with Gasteiger partial charge in [0, 0.05) is 28.4 Å². The second kappa shape index (κ2) is 6.28. The Morgan fingerprint density at radius 2 is 2.09 bits per heavy atom. The van der Waals surface area contributed by atoms with Gasteiger partial charge >= 0.3 is 0 Å². The molecular weight excluding hydrogens is 304 g/mol. The first-order valence-corrected chi connectivity index (χ1v) is 9.20. The van der Waals surface area contributed by atoms with Crippen molar-refractivity contribution >= 4 is 23.4 Å². The molecule has 1 atom stereocenters. The summed E-state index contributed by atoms with van der Waals surface area (Å²) in [4.78, 5) is 14.1. The topological polar surface area (TPSA) is 41.1 Å². The van der Waals surface area contributed by atoms with E-state index in [1.54, 1.807) is 0 Å². The maximum absolute atomic E-state index is 12.8. The lowest BCUT2D eigenvalue weighted by Crippen LogP contribution is -2.31. The third kappa shape index (κ3) is 2.83. The summed E-state index contributed by atoms with van der Waals surface area (Å²) >= 11 is 1.88. The number of nitrogens with one attached hydrogen (secondary N) is 2. The van der Waals surface area contributed by atoms with Gasteiger partial charge in [-0.15, -0.1) is 11.8 Å². The Morgan fingerprint density at radius 1 is 1.17 bits per heavy atom. The summed E-state index contributed by atoms with van der Waals surface area (Å²) < 4.78 is 0. The molecule has 0 spiro atoms. The number of hydrogen-bond donors (Lipinski definition) is 2. The Balaban J connectivity index is 1.60. The van der Waals surface area contributed by atoms with E-state index in [9.17, 15) is 4.79 Å². The van der Waals surface area contributed by atoms with Crippen molar-refractivity contribution in [2.24, 2.45) is 0 Å². The molecule has 2 N–H and O–H groups in total. The minimum absolute atomic E-state index is 0.0530. The largest absolute Gasteiger partial charge is 0.385 e. The van der Waals surface area contributed by atoms with E-state index >= 15 is 0 Å². The number of fused-ring (bicyclic) bond motifs is 2. The van der Waals surface area contributed by atoms with Gasteiger partial charge in [-0.3, -0.25) is 4.79 Å². The molecule has 0 fully saturated rings. The highest BCUT2D eigenvalue weighted by atomic mass is 32.2. The Labute approximate surface area is 140 Å². The van der Waals surface area contributed by atoms with Crippen LogP contribution in [0.5, 0.6) is 0 Å². The maximum Gasteiger partial charge on any atom is 0.252 e. The highest BCUT2D eigenvalue weighted by Crippen LogP contribution is 2.36. The minimum Gasteiger partial charge on any atom is -0.385 e. The molecule has 2 aromatic carbocycles. The van der Waals surface area contributed by atoms with Gasteiger partial charge in [0.05, 0.1) is 6.04 Å². The van der Waals surface area contributed by atoms with Gasteiger partial charge < -0.3 is 10.6 Å². The van der Waals surface area contributed by atoms with Crippen molar-refractivity contribution in [3.63, 3.8) is 0 Å². The van der Waals surface area contributed by atoms with Crippen molar-refractivity contribution in [3.8, 4) is 0 Å². The fourth-order valence-corrected chi connectivity index (χ4v) is 4.58. The summed E-state index contributed by atoms with van der Waals surface area (Å²) in [6.07, 6.45) is 3.05. The Morgan fingerprint density at radius 3 is 3.04 bits per heavy atom. The van der Waals surface area contributed by atoms with Gasteiger partial charge in [-0.2, -0.15) is 0 Å². The van der Waals surface area contributed by atoms with Gasteiger partial charge in [0.25, 0.3) is 5.91 Å². The molecule has 2 aliphatic heterocycles. The van der Waals surface area contributed by atoms with Gasteiger partial charge in [-0.1, -0.05) is 24.3 Å². The highest BCUT2D eigenvalue weighted by molar-refractivity contribution is 7.99. The number of benzene rings is 2. The molecule has 0 radical (unpaired) electrons. The van der Waals surface area contributed by atoms with Crippen LogP contribution in [0.3, 0.4) is 0 Å². The van der Waals surface area contributed by atoms with Crippen LogP contribution in [-0.4, -0.2) is 18.2 Å². The van der Waals surface area contributed by atoms with Crippen molar-refractivity contribution < 1.29 is 4.79 Å². The zero-order valence-corrected chi connectivity index (χ0v) is 13.8. The third-order valence-electron chi connectivity index (χ3n) is 4.60. The Bertz CT molecular complexity index is 744. The number of anilines is 1. The first-order chi connectivity index (χ1) is 11.3. The van der Waals surface area contributed by atoms with Gasteiger partial charge in [0.2, 0.25) is 0 Å². The molecule has 0 saturated carbocycles.